The average Bonchev–Trinajstić information content (AvgIpc) is 2.48. The van der Waals surface area contributed by atoms with E-state index in [0.29, 0.717) is 11.1 Å². The van der Waals surface area contributed by atoms with Crippen molar-refractivity contribution in [1.29, 1.82) is 5.26 Å². The van der Waals surface area contributed by atoms with E-state index in [4.69, 9.17) is 5.26 Å². The van der Waals surface area contributed by atoms with Crippen LogP contribution in [0.4, 0.5) is 0 Å². The number of rotatable bonds is 5. The van der Waals surface area contributed by atoms with Crippen molar-refractivity contribution >= 4 is 21.9 Å². The molecule has 0 radical (unpaired) electrons. The fourth-order valence-electron chi connectivity index (χ4n) is 2.37. The van der Waals surface area contributed by atoms with Crippen LogP contribution in [0.5, 0.6) is 0 Å². The van der Waals surface area contributed by atoms with Crippen LogP contribution in [-0.2, 0) is 0 Å². The number of allylic oxidation sites excluding steroid dienone is 2. The molecular formula is C20H27NOSi2. The van der Waals surface area contributed by atoms with Crippen molar-refractivity contribution in [2.45, 2.75) is 52.6 Å². The van der Waals surface area contributed by atoms with E-state index in [0.717, 1.165) is 11.6 Å². The van der Waals surface area contributed by atoms with Gasteiger partial charge < -0.3 is 0 Å². The molecule has 126 valence electrons. The number of Topliss-reactive ketones (excluding diaryl/α,β-unsaturated/α-hetero) is 1. The maximum absolute atomic E-state index is 13.0. The van der Waals surface area contributed by atoms with Crippen LogP contribution < -0.4 is 0 Å². The van der Waals surface area contributed by atoms with Crippen LogP contribution in [0.1, 0.15) is 29.3 Å². The van der Waals surface area contributed by atoms with Gasteiger partial charge in [0.15, 0.2) is 5.78 Å². The standard InChI is InChI=1S/C20H27NOSi2/c1-8-18(23(2,3)4)13-14-19(24(5,6)7)20(22)17-11-9-16(15-21)10-12-17/h9-12H,8H2,1-7H3. The second-order valence-corrected chi connectivity index (χ2v) is 18.1. The first-order valence-corrected chi connectivity index (χ1v) is 15.3. The van der Waals surface area contributed by atoms with E-state index >= 15 is 0 Å². The molecule has 0 fully saturated rings. The molecule has 24 heavy (non-hydrogen) atoms. The number of hydrogen-bond acceptors (Lipinski definition) is 2. The largest absolute Gasteiger partial charge is 0.289 e. The second kappa shape index (κ2) is 7.79. The fourth-order valence-corrected chi connectivity index (χ4v) is 5.13. The van der Waals surface area contributed by atoms with E-state index in [1.54, 1.807) is 24.3 Å². The van der Waals surface area contributed by atoms with Gasteiger partial charge in [0.2, 0.25) is 0 Å². The quantitative estimate of drug-likeness (QED) is 0.303. The van der Waals surface area contributed by atoms with Crippen LogP contribution in [0.15, 0.2) is 46.1 Å². The lowest BCUT2D eigenvalue weighted by Crippen LogP contribution is -2.29. The van der Waals surface area contributed by atoms with Crippen LogP contribution in [0.25, 0.3) is 0 Å². The van der Waals surface area contributed by atoms with Gasteiger partial charge >= 0.3 is 0 Å². The molecule has 0 saturated carbocycles. The molecule has 0 N–H and O–H groups in total. The molecule has 1 rings (SSSR count). The van der Waals surface area contributed by atoms with Crippen molar-refractivity contribution in [2.75, 3.05) is 0 Å². The Hall–Kier alpha value is -1.89. The Kier molecular flexibility index (Phi) is 6.54. The minimum atomic E-state index is -1.86. The van der Waals surface area contributed by atoms with Crippen molar-refractivity contribution in [3.8, 4) is 6.07 Å². The number of benzene rings is 1. The number of nitrogens with zero attached hydrogens (tertiary/aromatic N) is 1. The lowest BCUT2D eigenvalue weighted by Gasteiger charge is -2.18. The summed E-state index contributed by atoms with van der Waals surface area (Å²) in [6, 6.07) is 8.91. The smallest absolute Gasteiger partial charge is 0.193 e. The van der Waals surface area contributed by atoms with Crippen molar-refractivity contribution in [2.24, 2.45) is 0 Å². The summed E-state index contributed by atoms with van der Waals surface area (Å²) in [4.78, 5) is 13.0. The van der Waals surface area contributed by atoms with Crippen molar-refractivity contribution in [1.82, 2.24) is 0 Å². The van der Waals surface area contributed by atoms with E-state index in [9.17, 15) is 4.79 Å². The van der Waals surface area contributed by atoms with E-state index in [1.807, 2.05) is 0 Å². The summed E-state index contributed by atoms with van der Waals surface area (Å²) in [5.74, 6) is 0.0113. The molecule has 0 atom stereocenters. The third kappa shape index (κ3) is 5.33. The van der Waals surface area contributed by atoms with Gasteiger partial charge in [-0.15, -0.1) is 0 Å². The summed E-state index contributed by atoms with van der Waals surface area (Å²) < 4.78 is 0. The Bertz CT molecular complexity index is 756. The molecule has 0 aromatic heterocycles. The molecule has 1 aromatic rings. The highest BCUT2D eigenvalue weighted by Crippen LogP contribution is 2.20. The minimum absolute atomic E-state index is 0.0113. The highest BCUT2D eigenvalue weighted by Gasteiger charge is 2.27. The minimum Gasteiger partial charge on any atom is -0.289 e. The van der Waals surface area contributed by atoms with Gasteiger partial charge in [0.05, 0.1) is 27.8 Å². The molecular weight excluding hydrogens is 326 g/mol. The summed E-state index contributed by atoms with van der Waals surface area (Å²) in [5.41, 5.74) is 7.78. The molecule has 0 amide bonds. The molecule has 4 heteroatoms. The van der Waals surface area contributed by atoms with Crippen LogP contribution in [0.3, 0.4) is 0 Å². The molecule has 0 aliphatic carbocycles. The third-order valence-electron chi connectivity index (χ3n) is 3.85. The number of carbonyl (C=O) groups is 1. The SMILES string of the molecule is CCC(=C=C=C(C(=O)c1ccc(C#N)cc1)[Si](C)(C)C)[Si](C)(C)C. The maximum atomic E-state index is 13.0. The van der Waals surface area contributed by atoms with Gasteiger partial charge in [-0.1, -0.05) is 57.7 Å². The van der Waals surface area contributed by atoms with Gasteiger partial charge in [0.25, 0.3) is 0 Å². The van der Waals surface area contributed by atoms with Gasteiger partial charge in [-0.05, 0) is 35.9 Å². The zero-order valence-corrected chi connectivity index (χ0v) is 17.9. The summed E-state index contributed by atoms with van der Waals surface area (Å²) in [7, 11) is -3.30. The first kappa shape index (κ1) is 20.2. The van der Waals surface area contributed by atoms with Crippen LogP contribution >= 0.6 is 0 Å². The molecule has 0 heterocycles. The Morgan fingerprint density at radius 2 is 1.50 bits per heavy atom. The highest BCUT2D eigenvalue weighted by molar-refractivity contribution is 6.87. The topological polar surface area (TPSA) is 40.9 Å². The fraction of sp³-hybridized carbons (Fsp3) is 0.400. The highest BCUT2D eigenvalue weighted by atomic mass is 28.3. The van der Waals surface area contributed by atoms with Crippen LogP contribution in [0, 0.1) is 11.3 Å². The molecule has 0 aliphatic heterocycles. The van der Waals surface area contributed by atoms with E-state index in [-0.39, 0.29) is 5.78 Å². The predicted molar refractivity (Wildman–Crippen MR) is 107 cm³/mol. The lowest BCUT2D eigenvalue weighted by atomic mass is 10.1. The Labute approximate surface area is 148 Å². The summed E-state index contributed by atoms with van der Waals surface area (Å²) in [6.45, 7) is 15.5. The van der Waals surface area contributed by atoms with Gasteiger partial charge in [-0.3, -0.25) is 4.79 Å². The zero-order valence-electron chi connectivity index (χ0n) is 15.9. The Morgan fingerprint density at radius 3 is 1.88 bits per heavy atom. The Balaban J connectivity index is 3.53. The summed E-state index contributed by atoms with van der Waals surface area (Å²) >= 11 is 0. The Morgan fingerprint density at radius 1 is 0.958 bits per heavy atom. The first-order valence-electron chi connectivity index (χ1n) is 8.31. The van der Waals surface area contributed by atoms with E-state index in [2.05, 4.69) is 63.7 Å². The monoisotopic (exact) mass is 353 g/mol. The number of ketones is 1. The third-order valence-corrected chi connectivity index (χ3v) is 7.99. The second-order valence-electron chi connectivity index (χ2n) is 7.98. The van der Waals surface area contributed by atoms with Gasteiger partial charge in [0.1, 0.15) is 0 Å². The van der Waals surface area contributed by atoms with E-state index < -0.39 is 16.1 Å². The van der Waals surface area contributed by atoms with Crippen molar-refractivity contribution in [3.63, 3.8) is 0 Å². The summed E-state index contributed by atoms with van der Waals surface area (Å²) in [5, 5.41) is 11.0. The van der Waals surface area contributed by atoms with E-state index in [1.165, 1.54) is 5.20 Å². The van der Waals surface area contributed by atoms with Crippen molar-refractivity contribution < 1.29 is 4.79 Å². The molecule has 0 spiro atoms. The van der Waals surface area contributed by atoms with Crippen molar-refractivity contribution in [3.05, 3.63) is 57.2 Å². The lowest BCUT2D eigenvalue weighted by molar-refractivity contribution is 0.104. The first-order chi connectivity index (χ1) is 11.0. The number of hydrogen-bond donors (Lipinski definition) is 0. The molecule has 0 unspecified atom stereocenters. The zero-order chi connectivity index (χ0) is 18.5. The maximum Gasteiger partial charge on any atom is 0.193 e. The summed E-state index contributed by atoms with van der Waals surface area (Å²) in [6.07, 6.45) is 0.951. The molecule has 0 aliphatic rings. The van der Waals surface area contributed by atoms with Crippen LogP contribution in [-0.4, -0.2) is 21.9 Å². The van der Waals surface area contributed by atoms with Gasteiger partial charge in [-0.2, -0.15) is 5.26 Å². The molecule has 2 nitrogen and oxygen atoms in total. The molecule has 0 bridgehead atoms. The van der Waals surface area contributed by atoms with Gasteiger partial charge in [-0.25, -0.2) is 0 Å². The van der Waals surface area contributed by atoms with Crippen LogP contribution in [0.2, 0.25) is 39.3 Å². The number of carbonyl (C=O) groups excluding carboxylic acids is 1. The molecule has 0 saturated heterocycles. The average molecular weight is 354 g/mol. The molecule has 1 aromatic carbocycles. The van der Waals surface area contributed by atoms with Gasteiger partial charge in [0, 0.05) is 10.8 Å². The number of nitriles is 1. The normalized spacial score (nSPS) is 11.1. The predicted octanol–water partition coefficient (Wildman–Crippen LogP) is 5.51.